The first-order valence-electron chi connectivity index (χ1n) is 5.81. The van der Waals surface area contributed by atoms with E-state index >= 15 is 0 Å². The van der Waals surface area contributed by atoms with Crippen molar-refractivity contribution in [2.24, 2.45) is 7.05 Å². The Bertz CT molecular complexity index is 758. The smallest absolute Gasteiger partial charge is 0.335 e. The van der Waals surface area contributed by atoms with Crippen LogP contribution in [0.25, 0.3) is 23.0 Å². The molecule has 0 aliphatic rings. The van der Waals surface area contributed by atoms with Gasteiger partial charge in [-0.25, -0.2) is 4.79 Å². The number of aromatic carboxylic acids is 1. The molecule has 3 aromatic rings. The number of carbonyl (C=O) groups is 1. The standard InChI is InChI=1S/C13H10N4O3/c1-17-10(6-7-14-17)12-15-11(16-20-12)8-2-4-9(5-3-8)13(18)19/h2-7H,1H3,(H,18,19). The van der Waals surface area contributed by atoms with Crippen LogP contribution in [0.4, 0.5) is 0 Å². The van der Waals surface area contributed by atoms with Gasteiger partial charge in [0.15, 0.2) is 0 Å². The summed E-state index contributed by atoms with van der Waals surface area (Å²) in [5.74, 6) is -0.208. The van der Waals surface area contributed by atoms with Crippen molar-refractivity contribution >= 4 is 5.97 Å². The molecule has 0 unspecified atom stereocenters. The van der Waals surface area contributed by atoms with E-state index in [9.17, 15) is 4.79 Å². The fraction of sp³-hybridized carbons (Fsp3) is 0.0769. The van der Waals surface area contributed by atoms with Crippen LogP contribution >= 0.6 is 0 Å². The molecule has 20 heavy (non-hydrogen) atoms. The van der Waals surface area contributed by atoms with E-state index in [1.54, 1.807) is 36.1 Å². The van der Waals surface area contributed by atoms with Crippen molar-refractivity contribution in [1.29, 1.82) is 0 Å². The lowest BCUT2D eigenvalue weighted by Gasteiger charge is -1.96. The van der Waals surface area contributed by atoms with Crippen molar-refractivity contribution < 1.29 is 14.4 Å². The molecule has 0 atom stereocenters. The van der Waals surface area contributed by atoms with Crippen LogP contribution in [0, 0.1) is 0 Å². The zero-order valence-electron chi connectivity index (χ0n) is 10.5. The predicted octanol–water partition coefficient (Wildman–Crippen LogP) is 1.84. The highest BCUT2D eigenvalue weighted by Gasteiger charge is 2.13. The average molecular weight is 270 g/mol. The van der Waals surface area contributed by atoms with Gasteiger partial charge in [-0.15, -0.1) is 0 Å². The number of aryl methyl sites for hydroxylation is 1. The van der Waals surface area contributed by atoms with Crippen LogP contribution in [0.5, 0.6) is 0 Å². The summed E-state index contributed by atoms with van der Waals surface area (Å²) < 4.78 is 6.81. The van der Waals surface area contributed by atoms with Crippen molar-refractivity contribution in [3.05, 3.63) is 42.1 Å². The van der Waals surface area contributed by atoms with E-state index in [0.717, 1.165) is 0 Å². The summed E-state index contributed by atoms with van der Waals surface area (Å²) in [6, 6.07) is 8.04. The molecular weight excluding hydrogens is 260 g/mol. The topological polar surface area (TPSA) is 94.0 Å². The first-order chi connectivity index (χ1) is 9.65. The Hall–Kier alpha value is -2.96. The number of hydrogen-bond acceptors (Lipinski definition) is 5. The van der Waals surface area contributed by atoms with E-state index in [1.165, 1.54) is 12.1 Å². The maximum absolute atomic E-state index is 10.8. The molecule has 0 bridgehead atoms. The minimum Gasteiger partial charge on any atom is -0.478 e. The molecule has 0 aliphatic carbocycles. The Kier molecular flexibility index (Phi) is 2.79. The van der Waals surface area contributed by atoms with Crippen LogP contribution in [0.2, 0.25) is 0 Å². The van der Waals surface area contributed by atoms with Crippen molar-refractivity contribution in [1.82, 2.24) is 19.9 Å². The van der Waals surface area contributed by atoms with Crippen molar-refractivity contribution in [2.75, 3.05) is 0 Å². The Morgan fingerprint density at radius 2 is 2.00 bits per heavy atom. The average Bonchev–Trinajstić information content (AvgIpc) is 3.07. The number of aromatic nitrogens is 4. The second kappa shape index (κ2) is 4.61. The summed E-state index contributed by atoms with van der Waals surface area (Å²) >= 11 is 0. The Balaban J connectivity index is 1.94. The monoisotopic (exact) mass is 270 g/mol. The molecule has 0 saturated heterocycles. The van der Waals surface area contributed by atoms with Gasteiger partial charge in [0.25, 0.3) is 5.89 Å². The highest BCUT2D eigenvalue weighted by Crippen LogP contribution is 2.21. The van der Waals surface area contributed by atoms with Crippen LogP contribution < -0.4 is 0 Å². The lowest BCUT2D eigenvalue weighted by molar-refractivity contribution is 0.0697. The molecule has 1 N–H and O–H groups in total. The van der Waals surface area contributed by atoms with Gasteiger partial charge >= 0.3 is 5.97 Å². The van der Waals surface area contributed by atoms with Crippen molar-refractivity contribution in [2.45, 2.75) is 0 Å². The number of nitrogens with zero attached hydrogens (tertiary/aromatic N) is 4. The Morgan fingerprint density at radius 1 is 1.25 bits per heavy atom. The molecule has 2 aromatic heterocycles. The molecular formula is C13H10N4O3. The van der Waals surface area contributed by atoms with E-state index < -0.39 is 5.97 Å². The third kappa shape index (κ3) is 2.05. The highest BCUT2D eigenvalue weighted by molar-refractivity contribution is 5.88. The zero-order valence-corrected chi connectivity index (χ0v) is 10.5. The fourth-order valence-electron chi connectivity index (χ4n) is 1.79. The summed E-state index contributed by atoms with van der Waals surface area (Å²) in [5, 5.41) is 16.8. The first kappa shape index (κ1) is 12.1. The molecule has 0 spiro atoms. The van der Waals surface area contributed by atoms with Crippen LogP contribution in [0.1, 0.15) is 10.4 Å². The minimum atomic E-state index is -0.972. The normalized spacial score (nSPS) is 10.7. The molecule has 0 fully saturated rings. The van der Waals surface area contributed by atoms with Crippen molar-refractivity contribution in [3.8, 4) is 23.0 Å². The number of carboxylic acid groups (broad SMARTS) is 1. The summed E-state index contributed by atoms with van der Waals surface area (Å²) in [6.45, 7) is 0. The maximum Gasteiger partial charge on any atom is 0.335 e. The molecule has 0 saturated carbocycles. The molecule has 3 rings (SSSR count). The molecule has 7 nitrogen and oxygen atoms in total. The Morgan fingerprint density at radius 3 is 2.60 bits per heavy atom. The third-order valence-electron chi connectivity index (χ3n) is 2.86. The van der Waals surface area contributed by atoms with Crippen LogP contribution in [-0.4, -0.2) is 31.0 Å². The van der Waals surface area contributed by atoms with Gasteiger partial charge in [-0.3, -0.25) is 4.68 Å². The second-order valence-electron chi connectivity index (χ2n) is 4.15. The number of hydrogen-bond donors (Lipinski definition) is 1. The van der Waals surface area contributed by atoms with E-state index in [2.05, 4.69) is 15.2 Å². The van der Waals surface area contributed by atoms with Crippen molar-refractivity contribution in [3.63, 3.8) is 0 Å². The van der Waals surface area contributed by atoms with Gasteiger partial charge in [-0.05, 0) is 18.2 Å². The van der Waals surface area contributed by atoms with Gasteiger partial charge in [0.2, 0.25) is 5.82 Å². The minimum absolute atomic E-state index is 0.212. The van der Waals surface area contributed by atoms with Gasteiger partial charge in [0.05, 0.1) is 5.56 Å². The third-order valence-corrected chi connectivity index (χ3v) is 2.86. The molecule has 7 heteroatoms. The van der Waals surface area contributed by atoms with E-state index in [-0.39, 0.29) is 5.56 Å². The van der Waals surface area contributed by atoms with Gasteiger partial charge in [-0.2, -0.15) is 10.1 Å². The second-order valence-corrected chi connectivity index (χ2v) is 4.15. The van der Waals surface area contributed by atoms with Crippen LogP contribution in [-0.2, 0) is 7.05 Å². The zero-order chi connectivity index (χ0) is 14.1. The first-order valence-corrected chi connectivity index (χ1v) is 5.81. The predicted molar refractivity (Wildman–Crippen MR) is 68.9 cm³/mol. The molecule has 100 valence electrons. The maximum atomic E-state index is 10.8. The summed E-state index contributed by atoms with van der Waals surface area (Å²) in [7, 11) is 1.78. The van der Waals surface area contributed by atoms with Gasteiger partial charge in [0, 0.05) is 18.8 Å². The van der Waals surface area contributed by atoms with Gasteiger partial charge < -0.3 is 9.63 Å². The lowest BCUT2D eigenvalue weighted by atomic mass is 10.1. The SMILES string of the molecule is Cn1nccc1-c1nc(-c2ccc(C(=O)O)cc2)no1. The summed E-state index contributed by atoms with van der Waals surface area (Å²) in [5.41, 5.74) is 1.61. The molecule has 2 heterocycles. The number of rotatable bonds is 3. The summed E-state index contributed by atoms with van der Waals surface area (Å²) in [6.07, 6.45) is 1.64. The lowest BCUT2D eigenvalue weighted by Crippen LogP contribution is -1.95. The number of benzene rings is 1. The van der Waals surface area contributed by atoms with Gasteiger partial charge in [-0.1, -0.05) is 17.3 Å². The number of carboxylic acids is 1. The fourth-order valence-corrected chi connectivity index (χ4v) is 1.79. The van der Waals surface area contributed by atoms with Crippen LogP contribution in [0.15, 0.2) is 41.1 Å². The van der Waals surface area contributed by atoms with E-state index in [1.807, 2.05) is 0 Å². The van der Waals surface area contributed by atoms with E-state index in [4.69, 9.17) is 9.63 Å². The van der Waals surface area contributed by atoms with Crippen LogP contribution in [0.3, 0.4) is 0 Å². The molecule has 0 amide bonds. The quantitative estimate of drug-likeness (QED) is 0.780. The summed E-state index contributed by atoms with van der Waals surface area (Å²) in [4.78, 5) is 15.1. The van der Waals surface area contributed by atoms with Gasteiger partial charge in [0.1, 0.15) is 5.69 Å². The molecule has 1 aromatic carbocycles. The Labute approximate surface area is 113 Å². The largest absolute Gasteiger partial charge is 0.478 e. The molecule has 0 radical (unpaired) electrons. The molecule has 0 aliphatic heterocycles. The van der Waals surface area contributed by atoms with E-state index in [0.29, 0.717) is 23.0 Å². The highest BCUT2D eigenvalue weighted by atomic mass is 16.5.